The fourth-order valence-electron chi connectivity index (χ4n) is 2.00. The quantitative estimate of drug-likeness (QED) is 0.591. The molecule has 1 aliphatic carbocycles. The molecule has 0 N–H and O–H groups in total. The Morgan fingerprint density at radius 3 is 2.00 bits per heavy atom. The number of hydrogen-bond donors (Lipinski definition) is 0. The van der Waals surface area contributed by atoms with Crippen LogP contribution in [0.2, 0.25) is 0.0125 Å². The molecule has 5 heteroatoms. The van der Waals surface area contributed by atoms with E-state index in [1.807, 2.05) is 0 Å². The molecule has 0 aromatic rings. The van der Waals surface area contributed by atoms with Crippen LogP contribution in [-0.2, 0) is 0 Å². The summed E-state index contributed by atoms with van der Waals surface area (Å²) in [5.74, 6) is 1.14. The summed E-state index contributed by atoms with van der Waals surface area (Å²) in [6.07, 6.45) is 7.61. The van der Waals surface area contributed by atoms with Crippen LogP contribution in [0, 0.1) is 5.92 Å². The Kier molecular flexibility index (Phi) is 9.78. The molecule has 0 heterocycles. The van der Waals surface area contributed by atoms with Gasteiger partial charge in [-0.1, -0.05) is 0 Å². The maximum Gasteiger partial charge on any atom is 0.762 e. The summed E-state index contributed by atoms with van der Waals surface area (Å²) in [7, 11) is -3.67. The van der Waals surface area contributed by atoms with Gasteiger partial charge in [-0.2, -0.15) is 0 Å². The molecular formula is C8H15BF3K. The Bertz CT molecular complexity index is 121. The molecule has 0 aliphatic heterocycles. The van der Waals surface area contributed by atoms with Gasteiger partial charge >= 0.3 is 101 Å². The van der Waals surface area contributed by atoms with Crippen molar-refractivity contribution in [2.75, 3.05) is 0 Å². The summed E-state index contributed by atoms with van der Waals surface area (Å²) in [4.78, 5) is 0. The zero-order valence-electron chi connectivity index (χ0n) is 8.40. The Hall–Kier alpha value is 1.49. The summed E-state index contributed by atoms with van der Waals surface area (Å²) in [6, 6.07) is 0. The van der Waals surface area contributed by atoms with Gasteiger partial charge in [-0.05, 0) is 0 Å². The van der Waals surface area contributed by atoms with Crippen molar-refractivity contribution in [1.82, 2.24) is 0 Å². The minimum Gasteiger partial charge on any atom is -0.254 e. The van der Waals surface area contributed by atoms with E-state index < -0.39 is 7.54 Å². The van der Waals surface area contributed by atoms with Crippen LogP contribution in [0.5, 0.6) is 0 Å². The first-order valence-corrected chi connectivity index (χ1v) is 6.80. The molecule has 13 heavy (non-hydrogen) atoms. The average molecular weight is 218 g/mol. The van der Waals surface area contributed by atoms with Gasteiger partial charge in [-0.25, -0.2) is 0 Å². The van der Waals surface area contributed by atoms with Crippen molar-refractivity contribution in [2.24, 2.45) is 5.92 Å². The van der Waals surface area contributed by atoms with E-state index in [0.717, 1.165) is 54.9 Å². The zero-order chi connectivity index (χ0) is 10.3. The average Bonchev–Trinajstić information content (AvgIpc) is 2.04. The van der Waals surface area contributed by atoms with Gasteiger partial charge in [-0.15, -0.1) is 0 Å². The second kappa shape index (κ2) is 8.77. The van der Waals surface area contributed by atoms with Gasteiger partial charge in [0, 0.05) is 0 Å². The fourth-order valence-corrected chi connectivity index (χ4v) is 3.89. The standard InChI is InChI=1S/C8H15.BF3.K/c1-2-8-6-4-3-5-7-8;2-1(3)4;/h6,8H,2-5,7H2,1H3;;/t8-;;/m0../s1. The number of hydrogen-bond acceptors (Lipinski definition) is 0. The molecule has 0 bridgehead atoms. The first-order chi connectivity index (χ1) is 6.07. The van der Waals surface area contributed by atoms with Crippen LogP contribution >= 0.6 is 0 Å². The first kappa shape index (κ1) is 14.5. The van der Waals surface area contributed by atoms with Crippen molar-refractivity contribution >= 4 is 56.5 Å². The van der Waals surface area contributed by atoms with E-state index in [1.54, 1.807) is 12.8 Å². The summed E-state index contributed by atoms with van der Waals surface area (Å²) in [5, 5.41) is 0. The molecule has 0 radical (unpaired) electrons. The third-order valence-electron chi connectivity index (χ3n) is 2.81. The van der Waals surface area contributed by atoms with E-state index in [4.69, 9.17) is 0 Å². The smallest absolute Gasteiger partial charge is 0.254 e. The van der Waals surface area contributed by atoms with Crippen LogP contribution in [0.1, 0.15) is 39.0 Å². The SMILES string of the molecule is CC[C@@H]1CCCC[C@H]1[K].FB(F)F. The maximum atomic E-state index is 9.67. The second-order valence-corrected chi connectivity index (χ2v) is 5.99. The Labute approximate surface area is 113 Å². The molecule has 1 rings (SSSR count). The monoisotopic (exact) mass is 218 g/mol. The second-order valence-electron chi connectivity index (χ2n) is 3.68. The van der Waals surface area contributed by atoms with Gasteiger partial charge in [-0.3, -0.25) is 12.9 Å². The first-order valence-electron chi connectivity index (χ1n) is 5.00. The van der Waals surface area contributed by atoms with Crippen molar-refractivity contribution in [3.63, 3.8) is 0 Å². The molecule has 1 saturated carbocycles. The Morgan fingerprint density at radius 1 is 1.23 bits per heavy atom. The van der Waals surface area contributed by atoms with Gasteiger partial charge in [0.05, 0.1) is 0 Å². The summed E-state index contributed by atoms with van der Waals surface area (Å²) < 4.78 is 30.2. The predicted molar refractivity (Wildman–Crippen MR) is 50.8 cm³/mol. The molecule has 0 saturated heterocycles. The molecule has 72 valence electrons. The molecule has 2 atom stereocenters. The van der Waals surface area contributed by atoms with E-state index in [9.17, 15) is 12.9 Å². The van der Waals surface area contributed by atoms with Gasteiger partial charge in [0.25, 0.3) is 0 Å². The zero-order valence-corrected chi connectivity index (χ0v) is 11.5. The van der Waals surface area contributed by atoms with Gasteiger partial charge in [0.2, 0.25) is 0 Å². The van der Waals surface area contributed by atoms with Crippen molar-refractivity contribution in [2.45, 2.75) is 39.0 Å². The third-order valence-corrected chi connectivity index (χ3v) is 5.19. The van der Waals surface area contributed by atoms with Crippen molar-refractivity contribution in [3.05, 3.63) is 0 Å². The van der Waals surface area contributed by atoms with Crippen molar-refractivity contribution < 1.29 is 12.9 Å². The van der Waals surface area contributed by atoms with Crippen molar-refractivity contribution in [1.29, 1.82) is 0 Å². The van der Waals surface area contributed by atoms with Gasteiger partial charge in [0.1, 0.15) is 0 Å². The molecule has 0 spiro atoms. The minimum atomic E-state index is -3.67. The predicted octanol–water partition coefficient (Wildman–Crippen LogP) is 3.42. The minimum absolute atomic E-state index is 1.11. The maximum absolute atomic E-state index is 9.67. The molecular weight excluding hydrogens is 203 g/mol. The van der Waals surface area contributed by atoms with Crippen molar-refractivity contribution in [3.8, 4) is 0 Å². The Morgan fingerprint density at radius 2 is 1.69 bits per heavy atom. The van der Waals surface area contributed by atoms with Crippen LogP contribution < -0.4 is 0 Å². The molecule has 0 aromatic carbocycles. The normalized spacial score (nSPS) is 27.5. The molecule has 0 unspecified atom stereocenters. The summed E-state index contributed by atoms with van der Waals surface area (Å²) in [6.45, 7) is 2.36. The van der Waals surface area contributed by atoms with Gasteiger partial charge < -0.3 is 0 Å². The fraction of sp³-hybridized carbons (Fsp3) is 1.00. The van der Waals surface area contributed by atoms with Crippen LogP contribution in [0.15, 0.2) is 0 Å². The van der Waals surface area contributed by atoms with Crippen LogP contribution in [-0.4, -0.2) is 56.5 Å². The van der Waals surface area contributed by atoms with Crippen LogP contribution in [0.4, 0.5) is 12.9 Å². The summed E-state index contributed by atoms with van der Waals surface area (Å²) >= 11 is 1.11. The largest absolute Gasteiger partial charge is 0.762 e. The molecule has 0 aromatic heterocycles. The number of rotatable bonds is 1. The van der Waals surface area contributed by atoms with E-state index >= 15 is 0 Å². The van der Waals surface area contributed by atoms with E-state index in [2.05, 4.69) is 6.92 Å². The number of halogens is 3. The third kappa shape index (κ3) is 8.48. The topological polar surface area (TPSA) is 0 Å². The van der Waals surface area contributed by atoms with E-state index in [0.29, 0.717) is 0 Å². The summed E-state index contributed by atoms with van der Waals surface area (Å²) in [5.41, 5.74) is 0. The van der Waals surface area contributed by atoms with Gasteiger partial charge in [0.15, 0.2) is 0 Å². The van der Waals surface area contributed by atoms with E-state index in [-0.39, 0.29) is 0 Å². The molecule has 0 nitrogen and oxygen atoms in total. The molecule has 1 aliphatic rings. The van der Waals surface area contributed by atoms with Crippen LogP contribution in [0.25, 0.3) is 0 Å². The molecule has 0 amide bonds. The van der Waals surface area contributed by atoms with Crippen LogP contribution in [0.3, 0.4) is 0 Å². The molecule has 1 fully saturated rings. The van der Waals surface area contributed by atoms with E-state index in [1.165, 1.54) is 19.3 Å². The Balaban J connectivity index is 0.000000310.